The van der Waals surface area contributed by atoms with Gasteiger partial charge in [-0.25, -0.2) is 4.39 Å². The Morgan fingerprint density at radius 1 is 1.29 bits per heavy atom. The number of benzene rings is 2. The third kappa shape index (κ3) is 3.38. The molecule has 0 spiro atoms. The number of halogens is 1. The summed E-state index contributed by atoms with van der Waals surface area (Å²) in [5.41, 5.74) is 11.9. The lowest BCUT2D eigenvalue weighted by Gasteiger charge is -2.14. The smallest absolute Gasteiger partial charge is 0.124 e. The summed E-state index contributed by atoms with van der Waals surface area (Å²) in [6, 6.07) is 10.5. The Hall–Kier alpha value is -2.86. The Morgan fingerprint density at radius 2 is 2.04 bits per heavy atom. The molecule has 122 valence electrons. The third-order valence-corrected chi connectivity index (χ3v) is 4.08. The van der Waals surface area contributed by atoms with Crippen LogP contribution in [0.15, 0.2) is 47.6 Å². The lowest BCUT2D eigenvalue weighted by atomic mass is 9.91. The zero-order valence-corrected chi connectivity index (χ0v) is 14.2. The van der Waals surface area contributed by atoms with E-state index in [9.17, 15) is 4.39 Å². The number of terminal acetylenes is 1. The second-order valence-corrected chi connectivity index (χ2v) is 5.48. The van der Waals surface area contributed by atoms with Crippen molar-refractivity contribution >= 4 is 11.3 Å². The van der Waals surface area contributed by atoms with Gasteiger partial charge in [-0.3, -0.25) is 4.99 Å². The first-order valence-electron chi connectivity index (χ1n) is 7.81. The third-order valence-electron chi connectivity index (χ3n) is 4.08. The number of nitrogens with zero attached hydrogens (tertiary/aromatic N) is 1. The van der Waals surface area contributed by atoms with Crippen LogP contribution in [0.1, 0.15) is 34.7 Å². The average Bonchev–Trinajstić information content (AvgIpc) is 2.60. The number of hydrogen-bond acceptors (Lipinski definition) is 2. The standard InChI is InChI=1S/C21H21FN2/c1-5-15-11-17(8-7-14(15)3)20(13-23)21(24-4)19-10-9-18(22)12-16(19)6-2/h2,7-13H,5,23H2,1,3-4H3. The molecule has 2 nitrogen and oxygen atoms in total. The summed E-state index contributed by atoms with van der Waals surface area (Å²) in [5.74, 6) is 2.15. The monoisotopic (exact) mass is 320 g/mol. The van der Waals surface area contributed by atoms with Crippen molar-refractivity contribution in [2.75, 3.05) is 7.05 Å². The van der Waals surface area contributed by atoms with Crippen molar-refractivity contribution in [2.45, 2.75) is 20.3 Å². The molecular formula is C21H21FN2. The molecule has 0 unspecified atom stereocenters. The largest absolute Gasteiger partial charge is 0.404 e. The van der Waals surface area contributed by atoms with Gasteiger partial charge in [-0.2, -0.15) is 0 Å². The van der Waals surface area contributed by atoms with Gasteiger partial charge >= 0.3 is 0 Å². The molecule has 0 amide bonds. The second-order valence-electron chi connectivity index (χ2n) is 5.48. The predicted molar refractivity (Wildman–Crippen MR) is 99.5 cm³/mol. The van der Waals surface area contributed by atoms with Gasteiger partial charge in [0, 0.05) is 29.9 Å². The Bertz CT molecular complexity index is 855. The Labute approximate surface area is 142 Å². The second kappa shape index (κ2) is 7.61. The van der Waals surface area contributed by atoms with E-state index in [0.29, 0.717) is 16.8 Å². The number of rotatable bonds is 4. The lowest BCUT2D eigenvalue weighted by molar-refractivity contribution is 0.627. The molecule has 3 heteroatoms. The molecular weight excluding hydrogens is 299 g/mol. The van der Waals surface area contributed by atoms with Crippen LogP contribution in [0.2, 0.25) is 0 Å². The Balaban J connectivity index is 2.60. The van der Waals surface area contributed by atoms with Crippen molar-refractivity contribution in [1.29, 1.82) is 0 Å². The molecule has 0 aromatic heterocycles. The summed E-state index contributed by atoms with van der Waals surface area (Å²) in [5, 5.41) is 0. The number of aliphatic imine (C=N–C) groups is 1. The topological polar surface area (TPSA) is 38.4 Å². The highest BCUT2D eigenvalue weighted by Crippen LogP contribution is 2.25. The fourth-order valence-electron chi connectivity index (χ4n) is 2.76. The van der Waals surface area contributed by atoms with Crippen LogP contribution in [0.5, 0.6) is 0 Å². The molecule has 0 aliphatic carbocycles. The van der Waals surface area contributed by atoms with Crippen LogP contribution >= 0.6 is 0 Å². The average molecular weight is 320 g/mol. The number of nitrogens with two attached hydrogens (primary N) is 1. The highest BCUT2D eigenvalue weighted by Gasteiger charge is 2.16. The SMILES string of the molecule is C#Cc1cc(F)ccc1C(=NC)C(=CN)c1ccc(C)c(CC)c1. The van der Waals surface area contributed by atoms with Gasteiger partial charge in [0.15, 0.2) is 0 Å². The van der Waals surface area contributed by atoms with Crippen molar-refractivity contribution in [3.05, 3.63) is 76.2 Å². The minimum Gasteiger partial charge on any atom is -0.404 e. The van der Waals surface area contributed by atoms with Gasteiger partial charge < -0.3 is 5.73 Å². The highest BCUT2D eigenvalue weighted by atomic mass is 19.1. The molecule has 0 heterocycles. The van der Waals surface area contributed by atoms with Crippen LogP contribution in [0.25, 0.3) is 5.57 Å². The summed E-state index contributed by atoms with van der Waals surface area (Å²) < 4.78 is 13.5. The van der Waals surface area contributed by atoms with Gasteiger partial charge in [-0.05, 0) is 48.2 Å². The van der Waals surface area contributed by atoms with Crippen molar-refractivity contribution in [3.8, 4) is 12.3 Å². The Kier molecular flexibility index (Phi) is 5.55. The fourth-order valence-corrected chi connectivity index (χ4v) is 2.76. The molecule has 0 saturated heterocycles. The summed E-state index contributed by atoms with van der Waals surface area (Å²) in [6.07, 6.45) is 7.99. The van der Waals surface area contributed by atoms with Gasteiger partial charge in [0.1, 0.15) is 5.82 Å². The maximum absolute atomic E-state index is 13.5. The minimum absolute atomic E-state index is 0.371. The summed E-state index contributed by atoms with van der Waals surface area (Å²) >= 11 is 0. The predicted octanol–water partition coefficient (Wildman–Crippen LogP) is 4.10. The first-order chi connectivity index (χ1) is 11.5. The van der Waals surface area contributed by atoms with Crippen molar-refractivity contribution in [3.63, 3.8) is 0 Å². The van der Waals surface area contributed by atoms with E-state index in [0.717, 1.165) is 17.6 Å². The van der Waals surface area contributed by atoms with E-state index in [2.05, 4.69) is 36.9 Å². The van der Waals surface area contributed by atoms with Crippen LogP contribution in [-0.4, -0.2) is 12.8 Å². The minimum atomic E-state index is -0.371. The fraction of sp³-hybridized carbons (Fsp3) is 0.190. The van der Waals surface area contributed by atoms with Crippen LogP contribution in [0, 0.1) is 25.1 Å². The van der Waals surface area contributed by atoms with Gasteiger partial charge in [-0.1, -0.05) is 31.0 Å². The first kappa shape index (κ1) is 17.5. The van der Waals surface area contributed by atoms with Crippen molar-refractivity contribution in [1.82, 2.24) is 0 Å². The molecule has 0 saturated carbocycles. The molecule has 0 atom stereocenters. The van der Waals surface area contributed by atoms with E-state index in [1.165, 1.54) is 29.5 Å². The molecule has 2 aromatic carbocycles. The quantitative estimate of drug-likeness (QED) is 0.668. The maximum Gasteiger partial charge on any atom is 0.124 e. The number of aryl methyl sites for hydroxylation is 2. The van der Waals surface area contributed by atoms with E-state index >= 15 is 0 Å². The van der Waals surface area contributed by atoms with Gasteiger partial charge in [0.05, 0.1) is 5.71 Å². The van der Waals surface area contributed by atoms with E-state index in [1.54, 1.807) is 13.1 Å². The normalized spacial score (nSPS) is 12.1. The number of allylic oxidation sites excluding steroid dienone is 1. The summed E-state index contributed by atoms with van der Waals surface area (Å²) in [7, 11) is 1.68. The zero-order chi connectivity index (χ0) is 17.7. The van der Waals surface area contributed by atoms with Crippen LogP contribution in [0.3, 0.4) is 0 Å². The molecule has 24 heavy (non-hydrogen) atoms. The lowest BCUT2D eigenvalue weighted by Crippen LogP contribution is -2.09. The van der Waals surface area contributed by atoms with Gasteiger partial charge in [0.25, 0.3) is 0 Å². The van der Waals surface area contributed by atoms with E-state index in [1.807, 2.05) is 6.07 Å². The Morgan fingerprint density at radius 3 is 2.62 bits per heavy atom. The molecule has 0 radical (unpaired) electrons. The van der Waals surface area contributed by atoms with Crippen molar-refractivity contribution < 1.29 is 4.39 Å². The molecule has 0 fully saturated rings. The van der Waals surface area contributed by atoms with Gasteiger partial charge in [-0.15, -0.1) is 6.42 Å². The molecule has 2 aromatic rings. The molecule has 0 bridgehead atoms. The summed E-state index contributed by atoms with van der Waals surface area (Å²) in [6.45, 7) is 4.20. The molecule has 0 aliphatic rings. The van der Waals surface area contributed by atoms with E-state index < -0.39 is 0 Å². The molecule has 2 rings (SSSR count). The van der Waals surface area contributed by atoms with E-state index in [-0.39, 0.29) is 5.82 Å². The number of hydrogen-bond donors (Lipinski definition) is 1. The maximum atomic E-state index is 13.5. The first-order valence-corrected chi connectivity index (χ1v) is 7.81. The van der Waals surface area contributed by atoms with Crippen molar-refractivity contribution in [2.24, 2.45) is 10.7 Å². The summed E-state index contributed by atoms with van der Waals surface area (Å²) in [4.78, 5) is 4.37. The van der Waals surface area contributed by atoms with Crippen LogP contribution < -0.4 is 5.73 Å². The zero-order valence-electron chi connectivity index (χ0n) is 14.2. The van der Waals surface area contributed by atoms with Gasteiger partial charge in [0.2, 0.25) is 0 Å². The van der Waals surface area contributed by atoms with Crippen LogP contribution in [-0.2, 0) is 6.42 Å². The molecule has 0 aliphatic heterocycles. The van der Waals surface area contributed by atoms with E-state index in [4.69, 9.17) is 12.2 Å². The highest BCUT2D eigenvalue weighted by molar-refractivity contribution is 6.32. The molecule has 2 N–H and O–H groups in total. The van der Waals surface area contributed by atoms with Crippen LogP contribution in [0.4, 0.5) is 4.39 Å².